The number of amides is 1. The number of nitrogens with zero attached hydrogens (tertiary/aromatic N) is 2. The molecule has 3 aliphatic rings. The molecule has 2 aromatic carbocycles. The molecule has 0 N–H and O–H groups in total. The van der Waals surface area contributed by atoms with Gasteiger partial charge in [-0.1, -0.05) is 18.9 Å². The molecule has 1 fully saturated rings. The van der Waals surface area contributed by atoms with Gasteiger partial charge in [-0.05, 0) is 54.3 Å². The standard InChI is InChI=1S/C24H28N2O3/c1-25(2)19-7-5-6-17(12-19)23(27)26-15-18-13-21-22(29-11-10-28-21)14-20(18)24(16-26)8-3-4-9-24/h5-7,12-14H,3-4,8-11,15-16H2,1-2H3. The van der Waals surface area contributed by atoms with Crippen LogP contribution in [0.3, 0.4) is 0 Å². The lowest BCUT2D eigenvalue weighted by Gasteiger charge is -2.43. The molecule has 5 rings (SSSR count). The third kappa shape index (κ3) is 3.13. The van der Waals surface area contributed by atoms with E-state index in [1.54, 1.807) is 0 Å². The fourth-order valence-electron chi connectivity index (χ4n) is 5.19. The van der Waals surface area contributed by atoms with E-state index in [4.69, 9.17) is 9.47 Å². The van der Waals surface area contributed by atoms with E-state index >= 15 is 0 Å². The first-order chi connectivity index (χ1) is 14.1. The molecule has 2 heterocycles. The number of rotatable bonds is 2. The van der Waals surface area contributed by atoms with Gasteiger partial charge in [0, 0.05) is 43.9 Å². The van der Waals surface area contributed by atoms with E-state index in [-0.39, 0.29) is 11.3 Å². The first-order valence-corrected chi connectivity index (χ1v) is 10.6. The molecule has 1 aliphatic carbocycles. The maximum atomic E-state index is 13.5. The van der Waals surface area contributed by atoms with E-state index in [9.17, 15) is 4.79 Å². The summed E-state index contributed by atoms with van der Waals surface area (Å²) < 4.78 is 11.7. The quantitative estimate of drug-likeness (QED) is 0.775. The van der Waals surface area contributed by atoms with Crippen molar-refractivity contribution in [1.29, 1.82) is 0 Å². The normalized spacial score (nSPS) is 19.2. The molecule has 152 valence electrons. The predicted octanol–water partition coefficient (Wildman–Crippen LogP) is 3.99. The van der Waals surface area contributed by atoms with E-state index < -0.39 is 0 Å². The number of ether oxygens (including phenoxy) is 2. The summed E-state index contributed by atoms with van der Waals surface area (Å²) in [6.45, 7) is 2.59. The lowest BCUT2D eigenvalue weighted by Crippen LogP contribution is -2.46. The molecule has 0 aromatic heterocycles. The first-order valence-electron chi connectivity index (χ1n) is 10.6. The Balaban J connectivity index is 1.52. The van der Waals surface area contributed by atoms with Gasteiger partial charge >= 0.3 is 0 Å². The van der Waals surface area contributed by atoms with Crippen LogP contribution in [-0.4, -0.2) is 44.7 Å². The van der Waals surface area contributed by atoms with Crippen molar-refractivity contribution in [2.75, 3.05) is 38.8 Å². The number of benzene rings is 2. The van der Waals surface area contributed by atoms with Crippen molar-refractivity contribution in [3.63, 3.8) is 0 Å². The molecule has 5 nitrogen and oxygen atoms in total. The highest BCUT2D eigenvalue weighted by Crippen LogP contribution is 2.49. The van der Waals surface area contributed by atoms with Crippen molar-refractivity contribution in [3.05, 3.63) is 53.1 Å². The zero-order valence-corrected chi connectivity index (χ0v) is 17.2. The van der Waals surface area contributed by atoms with Gasteiger partial charge in [0.15, 0.2) is 11.5 Å². The average Bonchev–Trinajstić information content (AvgIpc) is 3.21. The smallest absolute Gasteiger partial charge is 0.254 e. The Kier molecular flexibility index (Phi) is 4.41. The van der Waals surface area contributed by atoms with Crippen molar-refractivity contribution in [2.45, 2.75) is 37.6 Å². The Bertz CT molecular complexity index is 947. The van der Waals surface area contributed by atoms with Crippen LogP contribution in [0.2, 0.25) is 0 Å². The average molecular weight is 392 g/mol. The van der Waals surface area contributed by atoms with Gasteiger partial charge in [0.25, 0.3) is 5.91 Å². The summed E-state index contributed by atoms with van der Waals surface area (Å²) in [5.74, 6) is 1.78. The molecule has 1 spiro atoms. The summed E-state index contributed by atoms with van der Waals surface area (Å²) in [5.41, 5.74) is 4.41. The highest BCUT2D eigenvalue weighted by Gasteiger charge is 2.44. The zero-order valence-electron chi connectivity index (χ0n) is 17.2. The zero-order chi connectivity index (χ0) is 20.0. The number of carbonyl (C=O) groups is 1. The molecule has 1 saturated carbocycles. The van der Waals surface area contributed by atoms with E-state index in [2.05, 4.69) is 12.1 Å². The van der Waals surface area contributed by atoms with Crippen LogP contribution in [0.1, 0.15) is 47.2 Å². The molecule has 2 aliphatic heterocycles. The number of fused-ring (bicyclic) bond motifs is 3. The van der Waals surface area contributed by atoms with Gasteiger partial charge in [-0.2, -0.15) is 0 Å². The summed E-state index contributed by atoms with van der Waals surface area (Å²) >= 11 is 0. The summed E-state index contributed by atoms with van der Waals surface area (Å²) in [7, 11) is 4.00. The maximum absolute atomic E-state index is 13.5. The van der Waals surface area contributed by atoms with Crippen molar-refractivity contribution >= 4 is 11.6 Å². The van der Waals surface area contributed by atoms with E-state index in [1.807, 2.05) is 48.2 Å². The Morgan fingerprint density at radius 1 is 1.03 bits per heavy atom. The SMILES string of the molecule is CN(C)c1cccc(C(=O)N2Cc3cc4c(cc3C3(CCCC3)C2)OCCO4)c1. The molecule has 29 heavy (non-hydrogen) atoms. The molecule has 1 amide bonds. The third-order valence-electron chi connectivity index (χ3n) is 6.65. The Hall–Kier alpha value is -2.69. The fourth-order valence-corrected chi connectivity index (χ4v) is 5.19. The van der Waals surface area contributed by atoms with Crippen LogP contribution in [0.5, 0.6) is 11.5 Å². The molecule has 5 heteroatoms. The number of hydrogen-bond acceptors (Lipinski definition) is 4. The molecule has 0 radical (unpaired) electrons. The molecule has 2 aromatic rings. The molecule has 0 bridgehead atoms. The molecule has 0 atom stereocenters. The maximum Gasteiger partial charge on any atom is 0.254 e. The van der Waals surface area contributed by atoms with Crippen LogP contribution in [0, 0.1) is 0 Å². The van der Waals surface area contributed by atoms with Crippen LogP contribution in [0.25, 0.3) is 0 Å². The van der Waals surface area contributed by atoms with Gasteiger partial charge in [-0.3, -0.25) is 4.79 Å². The highest BCUT2D eigenvalue weighted by molar-refractivity contribution is 5.95. The van der Waals surface area contributed by atoms with Crippen LogP contribution in [-0.2, 0) is 12.0 Å². The predicted molar refractivity (Wildman–Crippen MR) is 113 cm³/mol. The van der Waals surface area contributed by atoms with Gasteiger partial charge in [-0.15, -0.1) is 0 Å². The Labute approximate surface area is 172 Å². The van der Waals surface area contributed by atoms with E-state index in [0.717, 1.165) is 42.1 Å². The van der Waals surface area contributed by atoms with E-state index in [1.165, 1.54) is 24.0 Å². The van der Waals surface area contributed by atoms with Crippen LogP contribution >= 0.6 is 0 Å². The Morgan fingerprint density at radius 2 is 1.76 bits per heavy atom. The minimum absolute atomic E-state index is 0.0399. The second-order valence-corrected chi connectivity index (χ2v) is 8.75. The first kappa shape index (κ1) is 18.3. The van der Waals surface area contributed by atoms with E-state index in [0.29, 0.717) is 19.8 Å². The van der Waals surface area contributed by atoms with Crippen molar-refractivity contribution < 1.29 is 14.3 Å². The minimum atomic E-state index is 0.0399. The van der Waals surface area contributed by atoms with Gasteiger partial charge in [0.05, 0.1) is 0 Å². The number of hydrogen-bond donors (Lipinski definition) is 0. The van der Waals surface area contributed by atoms with Crippen molar-refractivity contribution in [2.24, 2.45) is 0 Å². The Morgan fingerprint density at radius 3 is 2.48 bits per heavy atom. The molecule has 0 saturated heterocycles. The lowest BCUT2D eigenvalue weighted by molar-refractivity contribution is 0.0669. The van der Waals surface area contributed by atoms with Crippen LogP contribution in [0.15, 0.2) is 36.4 Å². The van der Waals surface area contributed by atoms with Gasteiger partial charge in [-0.25, -0.2) is 0 Å². The fraction of sp³-hybridized carbons (Fsp3) is 0.458. The summed E-state index contributed by atoms with van der Waals surface area (Å²) in [5, 5.41) is 0. The second kappa shape index (κ2) is 6.97. The third-order valence-corrected chi connectivity index (χ3v) is 6.65. The number of anilines is 1. The minimum Gasteiger partial charge on any atom is -0.486 e. The van der Waals surface area contributed by atoms with Gasteiger partial charge in [0.1, 0.15) is 13.2 Å². The summed E-state index contributed by atoms with van der Waals surface area (Å²) in [6.07, 6.45) is 4.68. The van der Waals surface area contributed by atoms with Crippen molar-refractivity contribution in [3.8, 4) is 11.5 Å². The largest absolute Gasteiger partial charge is 0.486 e. The van der Waals surface area contributed by atoms with Crippen LogP contribution in [0.4, 0.5) is 5.69 Å². The summed E-state index contributed by atoms with van der Waals surface area (Å²) in [6, 6.07) is 12.2. The lowest BCUT2D eigenvalue weighted by atomic mass is 9.73. The highest BCUT2D eigenvalue weighted by atomic mass is 16.6. The summed E-state index contributed by atoms with van der Waals surface area (Å²) in [4.78, 5) is 17.5. The van der Waals surface area contributed by atoms with Gasteiger partial charge in [0.2, 0.25) is 0 Å². The van der Waals surface area contributed by atoms with Crippen molar-refractivity contribution in [1.82, 2.24) is 4.90 Å². The monoisotopic (exact) mass is 392 g/mol. The number of carbonyl (C=O) groups excluding carboxylic acids is 1. The molecular weight excluding hydrogens is 364 g/mol. The molecular formula is C24H28N2O3. The van der Waals surface area contributed by atoms with Gasteiger partial charge < -0.3 is 19.3 Å². The second-order valence-electron chi connectivity index (χ2n) is 8.75. The van der Waals surface area contributed by atoms with Crippen LogP contribution < -0.4 is 14.4 Å². The topological polar surface area (TPSA) is 42.0 Å². The molecule has 0 unspecified atom stereocenters.